The zero-order valence-electron chi connectivity index (χ0n) is 16.7. The fourth-order valence-electron chi connectivity index (χ4n) is 3.64. The van der Waals surface area contributed by atoms with E-state index in [0.717, 1.165) is 21.7 Å². The summed E-state index contributed by atoms with van der Waals surface area (Å²) in [7, 11) is 4.66. The number of ether oxygens (including phenoxy) is 2. The van der Waals surface area contributed by atoms with Crippen LogP contribution in [-0.4, -0.2) is 48.5 Å². The first kappa shape index (κ1) is 18.7. The molecule has 1 N–H and O–H groups in total. The molecule has 2 aromatic rings. The van der Waals surface area contributed by atoms with Crippen molar-refractivity contribution in [3.05, 3.63) is 65.5 Å². The van der Waals surface area contributed by atoms with E-state index < -0.39 is 11.9 Å². The normalized spacial score (nSPS) is 18.8. The highest BCUT2D eigenvalue weighted by Crippen LogP contribution is 2.42. The Labute approximate surface area is 168 Å². The number of benzene rings is 2. The summed E-state index contributed by atoms with van der Waals surface area (Å²) < 4.78 is 13.0. The summed E-state index contributed by atoms with van der Waals surface area (Å²) in [5, 5.41) is 3.31. The SMILES string of the molecule is COc1ccccc1C1=C(Nc2ccccc2C)OC2=[N+](C)C(=O)N(C)C(=O)C12. The maximum absolute atomic E-state index is 13.1. The monoisotopic (exact) mass is 392 g/mol. The van der Waals surface area contributed by atoms with E-state index in [1.54, 1.807) is 14.2 Å². The lowest BCUT2D eigenvalue weighted by atomic mass is 9.91. The third-order valence-corrected chi connectivity index (χ3v) is 5.26. The van der Waals surface area contributed by atoms with Gasteiger partial charge in [0.2, 0.25) is 5.88 Å². The summed E-state index contributed by atoms with van der Waals surface area (Å²) in [4.78, 5) is 26.6. The van der Waals surface area contributed by atoms with E-state index in [-0.39, 0.29) is 11.8 Å². The number of nitrogens with zero attached hydrogens (tertiary/aromatic N) is 2. The fourth-order valence-corrected chi connectivity index (χ4v) is 3.64. The molecule has 2 aliphatic heterocycles. The van der Waals surface area contributed by atoms with E-state index >= 15 is 0 Å². The molecule has 148 valence electrons. The highest BCUT2D eigenvalue weighted by molar-refractivity contribution is 6.18. The van der Waals surface area contributed by atoms with Gasteiger partial charge in [-0.1, -0.05) is 36.4 Å². The van der Waals surface area contributed by atoms with Crippen LogP contribution in [0.25, 0.3) is 5.57 Å². The van der Waals surface area contributed by atoms with Crippen LogP contribution in [0.3, 0.4) is 0 Å². The van der Waals surface area contributed by atoms with Crippen molar-refractivity contribution in [2.75, 3.05) is 26.5 Å². The van der Waals surface area contributed by atoms with Crippen molar-refractivity contribution < 1.29 is 23.6 Å². The Morgan fingerprint density at radius 3 is 2.52 bits per heavy atom. The third kappa shape index (κ3) is 2.95. The molecule has 0 aromatic heterocycles. The van der Waals surface area contributed by atoms with Gasteiger partial charge in [0.05, 0.1) is 26.8 Å². The number of methoxy groups -OCH3 is 1. The van der Waals surface area contributed by atoms with Crippen molar-refractivity contribution in [1.82, 2.24) is 4.90 Å². The number of amides is 3. The molecule has 29 heavy (non-hydrogen) atoms. The molecule has 0 fully saturated rings. The summed E-state index contributed by atoms with van der Waals surface area (Å²) in [6, 6.07) is 14.8. The van der Waals surface area contributed by atoms with Crippen LogP contribution < -0.4 is 10.1 Å². The maximum Gasteiger partial charge on any atom is 0.502 e. The van der Waals surface area contributed by atoms with Crippen LogP contribution in [0, 0.1) is 12.8 Å². The summed E-state index contributed by atoms with van der Waals surface area (Å²) >= 11 is 0. The molecular weight excluding hydrogens is 370 g/mol. The molecule has 0 saturated carbocycles. The number of hydrogen-bond acceptors (Lipinski definition) is 5. The van der Waals surface area contributed by atoms with Gasteiger partial charge in [0.25, 0.3) is 5.90 Å². The number of hydrogen-bond donors (Lipinski definition) is 1. The van der Waals surface area contributed by atoms with Crippen LogP contribution in [0.15, 0.2) is 54.4 Å². The minimum atomic E-state index is -0.745. The van der Waals surface area contributed by atoms with Crippen molar-refractivity contribution in [3.8, 4) is 5.75 Å². The first-order valence-corrected chi connectivity index (χ1v) is 9.24. The number of carbonyl (C=O) groups excluding carboxylic acids is 2. The molecule has 4 rings (SSSR count). The smallest absolute Gasteiger partial charge is 0.496 e. The third-order valence-electron chi connectivity index (χ3n) is 5.26. The lowest BCUT2D eigenvalue weighted by molar-refractivity contribution is -0.415. The molecular formula is C22H22N3O4+. The molecule has 0 radical (unpaired) electrons. The average Bonchev–Trinajstić information content (AvgIpc) is 3.11. The van der Waals surface area contributed by atoms with Gasteiger partial charge in [-0.25, -0.2) is 4.79 Å². The quantitative estimate of drug-likeness (QED) is 0.810. The summed E-state index contributed by atoms with van der Waals surface area (Å²) in [5.74, 6) is 0.227. The van der Waals surface area contributed by atoms with Crippen molar-refractivity contribution >= 4 is 29.1 Å². The molecule has 0 spiro atoms. The number of aryl methyl sites for hydroxylation is 1. The highest BCUT2D eigenvalue weighted by Gasteiger charge is 2.54. The number of nitrogens with one attached hydrogen (secondary N) is 1. The maximum atomic E-state index is 13.1. The molecule has 2 heterocycles. The van der Waals surface area contributed by atoms with Gasteiger partial charge in [-0.3, -0.25) is 0 Å². The summed E-state index contributed by atoms with van der Waals surface area (Å²) in [5.41, 5.74) is 3.24. The van der Waals surface area contributed by atoms with Crippen LogP contribution >= 0.6 is 0 Å². The summed E-state index contributed by atoms with van der Waals surface area (Å²) in [6.45, 7) is 1.98. The fraction of sp³-hybridized carbons (Fsp3) is 0.227. The number of anilines is 1. The highest BCUT2D eigenvalue weighted by atomic mass is 16.5. The van der Waals surface area contributed by atoms with Gasteiger partial charge in [-0.05, 0) is 24.6 Å². The van der Waals surface area contributed by atoms with Gasteiger partial charge in [-0.2, -0.15) is 14.3 Å². The van der Waals surface area contributed by atoms with Gasteiger partial charge in [0.15, 0.2) is 5.92 Å². The van der Waals surface area contributed by atoms with Gasteiger partial charge < -0.3 is 14.8 Å². The Bertz CT molecular complexity index is 1090. The van der Waals surface area contributed by atoms with Crippen molar-refractivity contribution in [1.29, 1.82) is 0 Å². The lowest BCUT2D eigenvalue weighted by Gasteiger charge is -2.20. The Morgan fingerprint density at radius 2 is 1.79 bits per heavy atom. The van der Waals surface area contributed by atoms with Crippen LogP contribution in [0.2, 0.25) is 0 Å². The van der Waals surface area contributed by atoms with Crippen LogP contribution in [0.5, 0.6) is 5.75 Å². The zero-order chi connectivity index (χ0) is 20.7. The molecule has 1 unspecified atom stereocenters. The molecule has 7 nitrogen and oxygen atoms in total. The van der Waals surface area contributed by atoms with Crippen LogP contribution in [0.4, 0.5) is 10.5 Å². The van der Waals surface area contributed by atoms with E-state index in [1.807, 2.05) is 55.5 Å². The van der Waals surface area contributed by atoms with Crippen LogP contribution in [-0.2, 0) is 9.53 Å². The van der Waals surface area contributed by atoms with Gasteiger partial charge in [0.1, 0.15) is 5.75 Å². The molecule has 7 heteroatoms. The largest absolute Gasteiger partial charge is 0.502 e. The first-order valence-electron chi connectivity index (χ1n) is 9.24. The zero-order valence-corrected chi connectivity index (χ0v) is 16.7. The number of fused-ring (bicyclic) bond motifs is 1. The predicted octanol–water partition coefficient (Wildman–Crippen LogP) is 3.06. The minimum absolute atomic E-state index is 0.287. The molecule has 3 amide bonds. The Hall–Kier alpha value is -3.61. The van der Waals surface area contributed by atoms with Gasteiger partial charge in [-0.15, -0.1) is 0 Å². The van der Waals surface area contributed by atoms with E-state index in [2.05, 4.69) is 5.32 Å². The van der Waals surface area contributed by atoms with E-state index in [4.69, 9.17) is 9.47 Å². The van der Waals surface area contributed by atoms with Gasteiger partial charge >= 0.3 is 11.9 Å². The number of imide groups is 1. The van der Waals surface area contributed by atoms with Crippen LogP contribution in [0.1, 0.15) is 11.1 Å². The van der Waals surface area contributed by atoms with Gasteiger partial charge in [0, 0.05) is 11.3 Å². The number of rotatable bonds is 4. The average molecular weight is 392 g/mol. The number of para-hydroxylation sites is 2. The molecule has 0 aliphatic carbocycles. The molecule has 2 aromatic carbocycles. The second-order valence-electron chi connectivity index (χ2n) is 7.00. The first-order chi connectivity index (χ1) is 13.9. The van der Waals surface area contributed by atoms with E-state index in [9.17, 15) is 9.59 Å². The Morgan fingerprint density at radius 1 is 1.10 bits per heavy atom. The predicted molar refractivity (Wildman–Crippen MR) is 109 cm³/mol. The van der Waals surface area contributed by atoms with Crippen molar-refractivity contribution in [3.63, 3.8) is 0 Å². The topological polar surface area (TPSA) is 70.9 Å². The molecule has 0 bridgehead atoms. The van der Waals surface area contributed by atoms with Crippen molar-refractivity contribution in [2.45, 2.75) is 6.92 Å². The summed E-state index contributed by atoms with van der Waals surface area (Å²) in [6.07, 6.45) is 0. The Kier molecular flexibility index (Phi) is 4.58. The molecule has 1 atom stereocenters. The lowest BCUT2D eigenvalue weighted by Crippen LogP contribution is -2.51. The standard InChI is InChI=1S/C22H22N3O4/c1-13-9-5-7-11-15(13)23-19-17(14-10-6-8-12-16(14)28-4)18-20(26)24(2)22(27)25(3)21(18)29-19/h5-12,18,23H,1-4H3/q+1. The second kappa shape index (κ2) is 7.09. The van der Waals surface area contributed by atoms with E-state index in [0.29, 0.717) is 17.2 Å². The molecule has 2 aliphatic rings. The number of carbonyl (C=O) groups is 2. The second-order valence-corrected chi connectivity index (χ2v) is 7.00. The minimum Gasteiger partial charge on any atom is -0.496 e. The number of urea groups is 1. The Balaban J connectivity index is 1.93. The van der Waals surface area contributed by atoms with Crippen molar-refractivity contribution in [2.24, 2.45) is 5.92 Å². The molecule has 0 saturated heterocycles. The van der Waals surface area contributed by atoms with E-state index in [1.165, 1.54) is 11.6 Å².